The van der Waals surface area contributed by atoms with Gasteiger partial charge >= 0.3 is 0 Å². The van der Waals surface area contributed by atoms with Crippen LogP contribution in [0.15, 0.2) is 49.2 Å². The van der Waals surface area contributed by atoms with Gasteiger partial charge in [0.2, 0.25) is 0 Å². The van der Waals surface area contributed by atoms with Gasteiger partial charge in [0.25, 0.3) is 11.8 Å². The number of imidazole rings is 1. The third-order valence-corrected chi connectivity index (χ3v) is 6.28. The van der Waals surface area contributed by atoms with Crippen molar-refractivity contribution in [3.8, 4) is 16.4 Å². The number of aromatic nitrogens is 7. The number of amides is 1. The van der Waals surface area contributed by atoms with Crippen LogP contribution in [0.2, 0.25) is 0 Å². The molecule has 5 aromatic rings. The molecule has 0 bridgehead atoms. The van der Waals surface area contributed by atoms with Crippen LogP contribution in [0.5, 0.6) is 0 Å². The number of hydrogen-bond acceptors (Lipinski definition) is 7. The molecule has 12 heteroatoms. The van der Waals surface area contributed by atoms with E-state index in [9.17, 15) is 13.6 Å². The van der Waals surface area contributed by atoms with E-state index in [2.05, 4.69) is 30.6 Å². The third-order valence-electron chi connectivity index (χ3n) is 5.34. The lowest BCUT2D eigenvalue weighted by atomic mass is 10.2. The molecule has 1 N–H and O–H groups in total. The first-order chi connectivity index (χ1) is 16.7. The van der Waals surface area contributed by atoms with Gasteiger partial charge in [0.15, 0.2) is 5.65 Å². The van der Waals surface area contributed by atoms with Gasteiger partial charge in [-0.1, -0.05) is 11.3 Å². The molecule has 0 aliphatic carbocycles. The van der Waals surface area contributed by atoms with Gasteiger partial charge in [-0.3, -0.25) is 14.2 Å². The Kier molecular flexibility index (Phi) is 5.59. The van der Waals surface area contributed by atoms with Crippen LogP contribution in [-0.4, -0.2) is 40.3 Å². The van der Waals surface area contributed by atoms with E-state index in [0.29, 0.717) is 16.3 Å². The SMILES string of the molecule is Cc1ccc(CNC(=O)c2cc(-n3nncc3C(C)(F)F)c3ncc(-c4ncc(C)s4)n3c2)cn1. The first-order valence-electron chi connectivity index (χ1n) is 10.6. The Labute approximate surface area is 202 Å². The second-order valence-electron chi connectivity index (χ2n) is 8.14. The number of thiazole rings is 1. The number of halogens is 2. The molecule has 0 aromatic carbocycles. The lowest BCUT2D eigenvalue weighted by Crippen LogP contribution is -2.24. The number of carbonyl (C=O) groups excluding carboxylic acids is 1. The second-order valence-corrected chi connectivity index (χ2v) is 9.37. The normalized spacial score (nSPS) is 11.8. The van der Waals surface area contributed by atoms with Crippen LogP contribution in [0.25, 0.3) is 22.0 Å². The summed E-state index contributed by atoms with van der Waals surface area (Å²) >= 11 is 1.46. The number of nitrogens with zero attached hydrogens (tertiary/aromatic N) is 7. The van der Waals surface area contributed by atoms with Gasteiger partial charge in [-0.15, -0.1) is 16.4 Å². The molecule has 5 heterocycles. The summed E-state index contributed by atoms with van der Waals surface area (Å²) in [5.74, 6) is -3.60. The predicted molar refractivity (Wildman–Crippen MR) is 126 cm³/mol. The summed E-state index contributed by atoms with van der Waals surface area (Å²) in [6.07, 6.45) is 7.63. The van der Waals surface area contributed by atoms with E-state index >= 15 is 0 Å². The molecule has 0 aliphatic rings. The van der Waals surface area contributed by atoms with Crippen molar-refractivity contribution in [2.45, 2.75) is 33.2 Å². The Morgan fingerprint density at radius 3 is 2.63 bits per heavy atom. The summed E-state index contributed by atoms with van der Waals surface area (Å²) in [6, 6.07) is 5.21. The number of rotatable bonds is 6. The first kappa shape index (κ1) is 22.7. The Balaban J connectivity index is 1.62. The molecule has 0 atom stereocenters. The van der Waals surface area contributed by atoms with E-state index in [1.54, 1.807) is 29.2 Å². The fourth-order valence-corrected chi connectivity index (χ4v) is 4.35. The summed E-state index contributed by atoms with van der Waals surface area (Å²) in [5.41, 5.74) is 2.68. The van der Waals surface area contributed by atoms with Gasteiger partial charge in [0, 0.05) is 42.6 Å². The van der Waals surface area contributed by atoms with Crippen molar-refractivity contribution in [3.05, 3.63) is 76.6 Å². The Morgan fingerprint density at radius 2 is 1.94 bits per heavy atom. The minimum Gasteiger partial charge on any atom is -0.348 e. The van der Waals surface area contributed by atoms with Crippen LogP contribution in [0.3, 0.4) is 0 Å². The number of carbonyl (C=O) groups is 1. The van der Waals surface area contributed by atoms with E-state index in [0.717, 1.165) is 33.9 Å². The first-order valence-corrected chi connectivity index (χ1v) is 11.5. The zero-order valence-electron chi connectivity index (χ0n) is 19.0. The summed E-state index contributed by atoms with van der Waals surface area (Å²) in [5, 5.41) is 11.1. The average molecular weight is 495 g/mol. The third kappa shape index (κ3) is 4.39. The van der Waals surface area contributed by atoms with Crippen molar-refractivity contribution < 1.29 is 13.6 Å². The van der Waals surface area contributed by atoms with E-state index in [-0.39, 0.29) is 17.8 Å². The standard InChI is InChI=1S/C23H20F2N8OS/c1-13-4-5-15(8-26-13)9-28-21(34)16-6-17(33-19(11-30-31-33)23(3,24)25)20-27-10-18(32(20)12-16)22-29-7-14(2)35-22/h4-8,10-12H,9H2,1-3H3,(H,28,34). The monoisotopic (exact) mass is 494 g/mol. The molecule has 5 aromatic heterocycles. The highest BCUT2D eigenvalue weighted by atomic mass is 32.1. The number of nitrogens with one attached hydrogen (secondary N) is 1. The minimum atomic E-state index is -3.21. The summed E-state index contributed by atoms with van der Waals surface area (Å²) in [6.45, 7) is 4.83. The molecule has 0 unspecified atom stereocenters. The summed E-state index contributed by atoms with van der Waals surface area (Å²) in [4.78, 5) is 27.2. The van der Waals surface area contributed by atoms with E-state index in [1.165, 1.54) is 17.4 Å². The molecule has 0 fully saturated rings. The van der Waals surface area contributed by atoms with Gasteiger partial charge in [-0.2, -0.15) is 8.78 Å². The van der Waals surface area contributed by atoms with Crippen LogP contribution in [0.1, 0.15) is 39.1 Å². The number of alkyl halides is 2. The second kappa shape index (κ2) is 8.62. The highest BCUT2D eigenvalue weighted by Gasteiger charge is 2.31. The van der Waals surface area contributed by atoms with Crippen LogP contribution >= 0.6 is 11.3 Å². The smallest absolute Gasteiger partial charge is 0.288 e. The highest BCUT2D eigenvalue weighted by molar-refractivity contribution is 7.14. The Bertz CT molecular complexity index is 1530. The molecule has 0 saturated carbocycles. The van der Waals surface area contributed by atoms with E-state index in [4.69, 9.17) is 0 Å². The molecule has 1 amide bonds. The largest absolute Gasteiger partial charge is 0.348 e. The fraction of sp³-hybridized carbons (Fsp3) is 0.217. The van der Waals surface area contributed by atoms with Crippen LogP contribution in [0, 0.1) is 13.8 Å². The average Bonchev–Trinajstić information content (AvgIpc) is 3.56. The van der Waals surface area contributed by atoms with Crippen molar-refractivity contribution >= 4 is 22.9 Å². The zero-order valence-corrected chi connectivity index (χ0v) is 19.8. The molecular formula is C23H20F2N8OS. The molecule has 5 rings (SSSR count). The highest BCUT2D eigenvalue weighted by Crippen LogP contribution is 2.32. The quantitative estimate of drug-likeness (QED) is 0.381. The maximum atomic E-state index is 14.3. The van der Waals surface area contributed by atoms with E-state index in [1.807, 2.05) is 26.0 Å². The van der Waals surface area contributed by atoms with Crippen LogP contribution in [-0.2, 0) is 12.5 Å². The molecule has 0 spiro atoms. The lowest BCUT2D eigenvalue weighted by Gasteiger charge is -2.14. The topological polar surface area (TPSA) is 103 Å². The summed E-state index contributed by atoms with van der Waals surface area (Å²) in [7, 11) is 0. The maximum Gasteiger partial charge on any atom is 0.288 e. The van der Waals surface area contributed by atoms with Crippen molar-refractivity contribution in [2.75, 3.05) is 0 Å². The summed E-state index contributed by atoms with van der Waals surface area (Å²) < 4.78 is 31.2. The fourth-order valence-electron chi connectivity index (χ4n) is 3.58. The maximum absolute atomic E-state index is 14.3. The predicted octanol–water partition coefficient (Wildman–Crippen LogP) is 4.09. The molecule has 35 heavy (non-hydrogen) atoms. The number of fused-ring (bicyclic) bond motifs is 1. The lowest BCUT2D eigenvalue weighted by molar-refractivity contribution is 0.0103. The van der Waals surface area contributed by atoms with Gasteiger partial charge in [-0.25, -0.2) is 14.6 Å². The molecule has 178 valence electrons. The molecule has 0 aliphatic heterocycles. The Morgan fingerprint density at radius 1 is 1.11 bits per heavy atom. The number of pyridine rings is 2. The molecular weight excluding hydrogens is 474 g/mol. The molecule has 0 radical (unpaired) electrons. The number of hydrogen-bond donors (Lipinski definition) is 1. The van der Waals surface area contributed by atoms with Gasteiger partial charge < -0.3 is 5.32 Å². The van der Waals surface area contributed by atoms with Crippen molar-refractivity contribution in [1.29, 1.82) is 0 Å². The Hall–Kier alpha value is -4.06. The molecule has 0 saturated heterocycles. The van der Waals surface area contributed by atoms with Crippen molar-refractivity contribution in [1.82, 2.24) is 39.7 Å². The number of aryl methyl sites for hydroxylation is 2. The van der Waals surface area contributed by atoms with Crippen LogP contribution < -0.4 is 5.32 Å². The van der Waals surface area contributed by atoms with Crippen molar-refractivity contribution in [3.63, 3.8) is 0 Å². The van der Waals surface area contributed by atoms with Gasteiger partial charge in [0.05, 0.1) is 18.0 Å². The minimum absolute atomic E-state index is 0.197. The molecule has 9 nitrogen and oxygen atoms in total. The van der Waals surface area contributed by atoms with Gasteiger partial charge in [-0.05, 0) is 31.5 Å². The van der Waals surface area contributed by atoms with Crippen molar-refractivity contribution in [2.24, 2.45) is 0 Å². The van der Waals surface area contributed by atoms with E-state index < -0.39 is 17.5 Å². The zero-order chi connectivity index (χ0) is 24.7. The van der Waals surface area contributed by atoms with Crippen LogP contribution in [0.4, 0.5) is 8.78 Å². The van der Waals surface area contributed by atoms with Gasteiger partial charge in [0.1, 0.15) is 22.1 Å².